The molecule has 0 aliphatic heterocycles. The molecule has 8 heteroatoms. The van der Waals surface area contributed by atoms with E-state index >= 15 is 0 Å². The van der Waals surface area contributed by atoms with E-state index in [1.165, 1.54) is 13.0 Å². The summed E-state index contributed by atoms with van der Waals surface area (Å²) in [6.07, 6.45) is 0.0251. The molecule has 0 radical (unpaired) electrons. The van der Waals surface area contributed by atoms with Crippen LogP contribution in [-0.4, -0.2) is 29.6 Å². The first-order valence-electron chi connectivity index (χ1n) is 6.31. The molecule has 0 saturated heterocycles. The lowest BCUT2D eigenvalue weighted by molar-refractivity contribution is -0.386. The van der Waals surface area contributed by atoms with Gasteiger partial charge in [-0.05, 0) is 19.9 Å². The number of para-hydroxylation sites is 1. The van der Waals surface area contributed by atoms with Crippen LogP contribution in [0.4, 0.5) is 10.1 Å². The maximum absolute atomic E-state index is 13.6. The fourth-order valence-electron chi connectivity index (χ4n) is 1.55. The van der Waals surface area contributed by atoms with Crippen LogP contribution in [0.3, 0.4) is 0 Å². The SMILES string of the molecule is CCOC(=O)C(C)(N)CCOc1c(F)cccc1[N+](=O)[O-]. The Kier molecular flexibility index (Phi) is 5.60. The summed E-state index contributed by atoms with van der Waals surface area (Å²) in [7, 11) is 0. The highest BCUT2D eigenvalue weighted by molar-refractivity contribution is 5.79. The van der Waals surface area contributed by atoms with Gasteiger partial charge in [0.2, 0.25) is 5.75 Å². The van der Waals surface area contributed by atoms with Gasteiger partial charge in [-0.15, -0.1) is 0 Å². The Morgan fingerprint density at radius 1 is 1.52 bits per heavy atom. The summed E-state index contributed by atoms with van der Waals surface area (Å²) < 4.78 is 23.4. The van der Waals surface area contributed by atoms with Gasteiger partial charge >= 0.3 is 11.7 Å². The van der Waals surface area contributed by atoms with Gasteiger partial charge in [0.05, 0.1) is 18.1 Å². The monoisotopic (exact) mass is 300 g/mol. The summed E-state index contributed by atoms with van der Waals surface area (Å²) in [5.41, 5.74) is 3.97. The van der Waals surface area contributed by atoms with Gasteiger partial charge < -0.3 is 15.2 Å². The van der Waals surface area contributed by atoms with E-state index in [1.54, 1.807) is 6.92 Å². The lowest BCUT2D eigenvalue weighted by atomic mass is 10.0. The van der Waals surface area contributed by atoms with E-state index in [-0.39, 0.29) is 19.6 Å². The van der Waals surface area contributed by atoms with E-state index in [0.29, 0.717) is 0 Å². The van der Waals surface area contributed by atoms with Crippen molar-refractivity contribution >= 4 is 11.7 Å². The lowest BCUT2D eigenvalue weighted by Gasteiger charge is -2.22. The molecule has 1 atom stereocenters. The largest absolute Gasteiger partial charge is 0.485 e. The molecule has 1 rings (SSSR count). The smallest absolute Gasteiger partial charge is 0.325 e. The molecule has 1 aromatic rings. The Balaban J connectivity index is 2.73. The molecule has 0 amide bonds. The summed E-state index contributed by atoms with van der Waals surface area (Å²) in [6, 6.07) is 3.40. The zero-order valence-corrected chi connectivity index (χ0v) is 11.8. The number of carbonyl (C=O) groups excluding carboxylic acids is 1. The number of halogens is 1. The van der Waals surface area contributed by atoms with Gasteiger partial charge in [0.15, 0.2) is 5.82 Å². The van der Waals surface area contributed by atoms with Crippen molar-refractivity contribution in [3.63, 3.8) is 0 Å². The molecule has 0 aliphatic carbocycles. The molecule has 1 aromatic carbocycles. The second kappa shape index (κ2) is 6.98. The Labute approximate surface area is 121 Å². The van der Waals surface area contributed by atoms with Crippen LogP contribution in [0.15, 0.2) is 18.2 Å². The van der Waals surface area contributed by atoms with Crippen molar-refractivity contribution in [2.75, 3.05) is 13.2 Å². The number of hydrogen-bond donors (Lipinski definition) is 1. The average molecular weight is 300 g/mol. The third-order valence-electron chi connectivity index (χ3n) is 2.75. The number of nitrogens with zero attached hydrogens (tertiary/aromatic N) is 1. The van der Waals surface area contributed by atoms with Crippen LogP contribution in [0.5, 0.6) is 5.75 Å². The molecule has 0 aliphatic rings. The van der Waals surface area contributed by atoms with Crippen LogP contribution >= 0.6 is 0 Å². The zero-order chi connectivity index (χ0) is 16.0. The minimum Gasteiger partial charge on any atom is -0.485 e. The predicted octanol–water partition coefficient (Wildman–Crippen LogP) is 1.78. The molecule has 0 aromatic heterocycles. The highest BCUT2D eigenvalue weighted by Gasteiger charge is 2.30. The fraction of sp³-hybridized carbons (Fsp3) is 0.462. The summed E-state index contributed by atoms with van der Waals surface area (Å²) >= 11 is 0. The minimum atomic E-state index is -1.31. The van der Waals surface area contributed by atoms with Gasteiger partial charge in [0.1, 0.15) is 5.54 Å². The zero-order valence-electron chi connectivity index (χ0n) is 11.8. The number of benzene rings is 1. The first-order chi connectivity index (χ1) is 9.79. The maximum atomic E-state index is 13.6. The highest BCUT2D eigenvalue weighted by atomic mass is 19.1. The third-order valence-corrected chi connectivity index (χ3v) is 2.75. The standard InChI is InChI=1S/C13H17FN2O5/c1-3-20-12(17)13(2,15)7-8-21-11-9(14)5-4-6-10(11)16(18)19/h4-6H,3,7-8,15H2,1-2H3. The molecule has 0 fully saturated rings. The molecule has 0 spiro atoms. The number of hydrogen-bond acceptors (Lipinski definition) is 6. The van der Waals surface area contributed by atoms with Crippen molar-refractivity contribution in [3.05, 3.63) is 34.1 Å². The quantitative estimate of drug-likeness (QED) is 0.467. The number of nitrogens with two attached hydrogens (primary N) is 1. The average Bonchev–Trinajstić information content (AvgIpc) is 2.40. The van der Waals surface area contributed by atoms with Crippen LogP contribution in [0, 0.1) is 15.9 Å². The predicted molar refractivity (Wildman–Crippen MR) is 72.4 cm³/mol. The van der Waals surface area contributed by atoms with Crippen LogP contribution in [0.2, 0.25) is 0 Å². The van der Waals surface area contributed by atoms with Crippen molar-refractivity contribution in [1.82, 2.24) is 0 Å². The number of carbonyl (C=O) groups is 1. The van der Waals surface area contributed by atoms with Crippen LogP contribution in [0.25, 0.3) is 0 Å². The van der Waals surface area contributed by atoms with E-state index in [0.717, 1.165) is 12.1 Å². The Hall–Kier alpha value is -2.22. The Morgan fingerprint density at radius 2 is 2.19 bits per heavy atom. The summed E-state index contributed by atoms with van der Waals surface area (Å²) in [4.78, 5) is 21.6. The van der Waals surface area contributed by atoms with Gasteiger partial charge in [0.25, 0.3) is 0 Å². The second-order valence-electron chi connectivity index (χ2n) is 4.58. The van der Waals surface area contributed by atoms with Crippen LogP contribution in [0.1, 0.15) is 20.3 Å². The number of nitro groups is 1. The molecular formula is C13H17FN2O5. The topological polar surface area (TPSA) is 105 Å². The fourth-order valence-corrected chi connectivity index (χ4v) is 1.55. The van der Waals surface area contributed by atoms with Crippen molar-refractivity contribution < 1.29 is 23.6 Å². The number of rotatable bonds is 7. The number of ether oxygens (including phenoxy) is 2. The first-order valence-corrected chi connectivity index (χ1v) is 6.31. The van der Waals surface area contributed by atoms with Gasteiger partial charge in [-0.2, -0.15) is 0 Å². The van der Waals surface area contributed by atoms with E-state index in [4.69, 9.17) is 15.2 Å². The number of esters is 1. The third kappa shape index (κ3) is 4.38. The van der Waals surface area contributed by atoms with Gasteiger partial charge in [-0.3, -0.25) is 14.9 Å². The van der Waals surface area contributed by atoms with E-state index in [2.05, 4.69) is 0 Å². The molecule has 7 nitrogen and oxygen atoms in total. The van der Waals surface area contributed by atoms with Crippen molar-refractivity contribution in [2.24, 2.45) is 5.73 Å². The minimum absolute atomic E-state index is 0.0251. The molecule has 0 bridgehead atoms. The molecule has 0 saturated carbocycles. The Bertz CT molecular complexity index is 533. The van der Waals surface area contributed by atoms with Crippen LogP contribution < -0.4 is 10.5 Å². The van der Waals surface area contributed by atoms with Crippen molar-refractivity contribution in [1.29, 1.82) is 0 Å². The van der Waals surface area contributed by atoms with E-state index < -0.39 is 33.7 Å². The van der Waals surface area contributed by atoms with Gasteiger partial charge in [0, 0.05) is 12.5 Å². The van der Waals surface area contributed by atoms with Gasteiger partial charge in [-0.1, -0.05) is 6.07 Å². The maximum Gasteiger partial charge on any atom is 0.325 e. The Morgan fingerprint density at radius 3 is 2.76 bits per heavy atom. The molecule has 2 N–H and O–H groups in total. The van der Waals surface area contributed by atoms with Crippen molar-refractivity contribution in [2.45, 2.75) is 25.8 Å². The van der Waals surface area contributed by atoms with Gasteiger partial charge in [-0.25, -0.2) is 4.39 Å². The summed E-state index contributed by atoms with van der Waals surface area (Å²) in [6.45, 7) is 3.12. The van der Waals surface area contributed by atoms with E-state index in [1.807, 2.05) is 0 Å². The van der Waals surface area contributed by atoms with Crippen LogP contribution in [-0.2, 0) is 9.53 Å². The summed E-state index contributed by atoms with van der Waals surface area (Å²) in [5, 5.41) is 10.8. The molecule has 21 heavy (non-hydrogen) atoms. The highest BCUT2D eigenvalue weighted by Crippen LogP contribution is 2.29. The second-order valence-corrected chi connectivity index (χ2v) is 4.58. The molecule has 116 valence electrons. The molecule has 1 unspecified atom stereocenters. The lowest BCUT2D eigenvalue weighted by Crippen LogP contribution is -2.47. The normalized spacial score (nSPS) is 13.3. The van der Waals surface area contributed by atoms with E-state index in [9.17, 15) is 19.3 Å². The number of nitro benzene ring substituents is 1. The molecule has 0 heterocycles. The van der Waals surface area contributed by atoms with Crippen molar-refractivity contribution in [3.8, 4) is 5.75 Å². The first kappa shape index (κ1) is 16.8. The summed E-state index contributed by atoms with van der Waals surface area (Å²) in [5.74, 6) is -1.93. The molecular weight excluding hydrogens is 283 g/mol.